The Morgan fingerprint density at radius 3 is 2.08 bits per heavy atom. The predicted molar refractivity (Wildman–Crippen MR) is 153 cm³/mol. The van der Waals surface area contributed by atoms with Crippen LogP contribution in [-0.4, -0.2) is 29.4 Å². The van der Waals surface area contributed by atoms with Crippen LogP contribution >= 0.6 is 0 Å². The molecular formula is C33H31NO6. The molecule has 1 amide bonds. The van der Waals surface area contributed by atoms with Crippen molar-refractivity contribution in [3.05, 3.63) is 113 Å². The quantitative estimate of drug-likeness (QED) is 0.242. The number of carbonyl (C=O) groups excluding carboxylic acids is 1. The Hall–Kier alpha value is -4.78. The Balaban J connectivity index is 1.27. The van der Waals surface area contributed by atoms with E-state index in [-0.39, 0.29) is 36.0 Å². The molecule has 0 radical (unpaired) electrons. The second-order valence-corrected chi connectivity index (χ2v) is 10.6. The first-order valence-electron chi connectivity index (χ1n) is 13.1. The number of carboxylic acid groups (broad SMARTS) is 1. The molecule has 204 valence electrons. The maximum Gasteiger partial charge on any atom is 0.411 e. The molecule has 0 spiro atoms. The minimum Gasteiger partial charge on any atom is -0.488 e. The van der Waals surface area contributed by atoms with Crippen molar-refractivity contribution in [2.45, 2.75) is 38.9 Å². The molecule has 1 aliphatic carbocycles. The van der Waals surface area contributed by atoms with Gasteiger partial charge in [0.05, 0.1) is 11.3 Å². The van der Waals surface area contributed by atoms with E-state index in [4.69, 9.17) is 14.2 Å². The summed E-state index contributed by atoms with van der Waals surface area (Å²) < 4.78 is 17.5. The third kappa shape index (κ3) is 6.10. The summed E-state index contributed by atoms with van der Waals surface area (Å²) in [7, 11) is 0. The molecule has 0 aliphatic heterocycles. The Kier molecular flexibility index (Phi) is 7.47. The molecule has 0 saturated carbocycles. The van der Waals surface area contributed by atoms with Crippen molar-refractivity contribution in [3.63, 3.8) is 0 Å². The van der Waals surface area contributed by atoms with E-state index in [0.717, 1.165) is 33.6 Å². The van der Waals surface area contributed by atoms with Crippen LogP contribution in [0.25, 0.3) is 11.1 Å². The van der Waals surface area contributed by atoms with E-state index in [2.05, 4.69) is 29.6 Å². The van der Waals surface area contributed by atoms with E-state index >= 15 is 0 Å². The lowest BCUT2D eigenvalue weighted by Crippen LogP contribution is -2.22. The van der Waals surface area contributed by atoms with Gasteiger partial charge in [-0.05, 0) is 78.9 Å². The van der Waals surface area contributed by atoms with Crippen molar-refractivity contribution in [1.29, 1.82) is 0 Å². The second kappa shape index (κ2) is 11.1. The number of hydrogen-bond acceptors (Lipinski definition) is 5. The Labute approximate surface area is 233 Å². The molecule has 40 heavy (non-hydrogen) atoms. The summed E-state index contributed by atoms with van der Waals surface area (Å²) in [5, 5.41) is 12.2. The van der Waals surface area contributed by atoms with E-state index < -0.39 is 12.1 Å². The van der Waals surface area contributed by atoms with Crippen LogP contribution in [0.4, 0.5) is 10.5 Å². The first kappa shape index (κ1) is 26.8. The molecule has 7 nitrogen and oxygen atoms in total. The van der Waals surface area contributed by atoms with E-state index in [1.54, 1.807) is 0 Å². The summed E-state index contributed by atoms with van der Waals surface area (Å²) in [5.41, 5.74) is 5.42. The minimum absolute atomic E-state index is 0.0435. The molecule has 0 heterocycles. The Morgan fingerprint density at radius 2 is 1.48 bits per heavy atom. The molecule has 4 aromatic rings. The maximum absolute atomic E-state index is 12.9. The zero-order valence-electron chi connectivity index (χ0n) is 22.6. The van der Waals surface area contributed by atoms with Gasteiger partial charge < -0.3 is 19.3 Å². The lowest BCUT2D eigenvalue weighted by Gasteiger charge is -2.21. The number of amides is 1. The number of benzene rings is 4. The van der Waals surface area contributed by atoms with Gasteiger partial charge in [0.1, 0.15) is 30.3 Å². The molecule has 0 unspecified atom stereocenters. The highest BCUT2D eigenvalue weighted by atomic mass is 16.5. The SMILES string of the molecule is CC(C)(C)Oc1ccc(COc2cc(C(=O)O)ccc2NC(=O)OCC2c3ccccc3-c3ccccc32)cc1. The van der Waals surface area contributed by atoms with Gasteiger partial charge in [-0.3, -0.25) is 5.32 Å². The number of fused-ring (bicyclic) bond motifs is 3. The van der Waals surface area contributed by atoms with Crippen molar-refractivity contribution in [1.82, 2.24) is 0 Å². The summed E-state index contributed by atoms with van der Waals surface area (Å²) in [5.74, 6) is -0.208. The van der Waals surface area contributed by atoms with Gasteiger partial charge in [0, 0.05) is 5.92 Å². The molecule has 7 heteroatoms. The minimum atomic E-state index is -1.10. The monoisotopic (exact) mass is 537 g/mol. The third-order valence-electron chi connectivity index (χ3n) is 6.55. The van der Waals surface area contributed by atoms with Gasteiger partial charge in [-0.15, -0.1) is 0 Å². The van der Waals surface area contributed by atoms with Crippen molar-refractivity contribution in [2.24, 2.45) is 0 Å². The third-order valence-corrected chi connectivity index (χ3v) is 6.55. The van der Waals surface area contributed by atoms with Crippen molar-refractivity contribution in [3.8, 4) is 22.6 Å². The van der Waals surface area contributed by atoms with Gasteiger partial charge in [-0.25, -0.2) is 9.59 Å². The Bertz CT molecular complexity index is 1490. The summed E-state index contributed by atoms with van der Waals surface area (Å²) in [6.45, 7) is 6.25. The normalized spacial score (nSPS) is 12.3. The zero-order chi connectivity index (χ0) is 28.3. The van der Waals surface area contributed by atoms with Gasteiger partial charge in [-0.1, -0.05) is 60.7 Å². The number of aromatic carboxylic acids is 1. The van der Waals surface area contributed by atoms with Gasteiger partial charge in [-0.2, -0.15) is 0 Å². The lowest BCUT2D eigenvalue weighted by atomic mass is 9.98. The average Bonchev–Trinajstić information content (AvgIpc) is 3.25. The summed E-state index contributed by atoms with van der Waals surface area (Å²) in [4.78, 5) is 24.5. The number of nitrogens with one attached hydrogen (secondary N) is 1. The first-order valence-corrected chi connectivity index (χ1v) is 13.1. The van der Waals surface area contributed by atoms with Gasteiger partial charge >= 0.3 is 12.1 Å². The Morgan fingerprint density at radius 1 is 0.850 bits per heavy atom. The van der Waals surface area contributed by atoms with Crippen molar-refractivity contribution < 1.29 is 28.9 Å². The number of carboxylic acids is 1. The fraction of sp³-hybridized carbons (Fsp3) is 0.212. The van der Waals surface area contributed by atoms with E-state index in [1.807, 2.05) is 69.3 Å². The molecule has 4 aromatic carbocycles. The topological polar surface area (TPSA) is 94.1 Å². The molecule has 0 atom stereocenters. The smallest absolute Gasteiger partial charge is 0.411 e. The number of ether oxygens (including phenoxy) is 3. The number of anilines is 1. The van der Waals surface area contributed by atoms with E-state index in [1.165, 1.54) is 18.2 Å². The second-order valence-electron chi connectivity index (χ2n) is 10.6. The molecule has 0 aromatic heterocycles. The average molecular weight is 538 g/mol. The van der Waals surface area contributed by atoms with Crippen molar-refractivity contribution in [2.75, 3.05) is 11.9 Å². The van der Waals surface area contributed by atoms with Crippen LogP contribution in [0.15, 0.2) is 91.0 Å². The first-order chi connectivity index (χ1) is 19.2. The van der Waals surface area contributed by atoms with Gasteiger partial charge in [0.2, 0.25) is 0 Å². The lowest BCUT2D eigenvalue weighted by molar-refractivity contribution is 0.0696. The van der Waals surface area contributed by atoms with E-state index in [0.29, 0.717) is 5.69 Å². The molecule has 0 saturated heterocycles. The fourth-order valence-electron chi connectivity index (χ4n) is 4.79. The number of rotatable bonds is 8. The maximum atomic E-state index is 12.9. The standard InChI is InChI=1S/C33H31NO6/c1-33(2,3)40-23-15-12-21(13-16-23)19-38-30-18-22(31(35)36)14-17-29(30)34-32(37)39-20-28-26-10-6-4-8-24(26)25-9-5-7-11-27(25)28/h4-18,28H,19-20H2,1-3H3,(H,34,37)(H,35,36). The number of hydrogen-bond donors (Lipinski definition) is 2. The fourth-order valence-corrected chi connectivity index (χ4v) is 4.79. The van der Waals surface area contributed by atoms with Crippen LogP contribution in [0.1, 0.15) is 53.7 Å². The van der Waals surface area contributed by atoms with Crippen LogP contribution < -0.4 is 14.8 Å². The van der Waals surface area contributed by atoms with Crippen LogP contribution in [0.2, 0.25) is 0 Å². The molecular weight excluding hydrogens is 506 g/mol. The summed E-state index contributed by atoms with van der Waals surface area (Å²) in [6.07, 6.45) is -0.654. The van der Waals surface area contributed by atoms with Crippen LogP contribution in [0.5, 0.6) is 11.5 Å². The summed E-state index contributed by atoms with van der Waals surface area (Å²) >= 11 is 0. The highest BCUT2D eigenvalue weighted by molar-refractivity contribution is 5.92. The zero-order valence-corrected chi connectivity index (χ0v) is 22.6. The molecule has 0 bridgehead atoms. The van der Waals surface area contributed by atoms with Crippen molar-refractivity contribution >= 4 is 17.7 Å². The highest BCUT2D eigenvalue weighted by Gasteiger charge is 2.29. The van der Waals surface area contributed by atoms with Crippen LogP contribution in [0.3, 0.4) is 0 Å². The summed E-state index contributed by atoms with van der Waals surface area (Å²) in [6, 6.07) is 28.0. The van der Waals surface area contributed by atoms with Crippen LogP contribution in [0, 0.1) is 0 Å². The van der Waals surface area contributed by atoms with Gasteiger partial charge in [0.25, 0.3) is 0 Å². The highest BCUT2D eigenvalue weighted by Crippen LogP contribution is 2.44. The molecule has 0 fully saturated rings. The number of carbonyl (C=O) groups is 2. The predicted octanol–water partition coefficient (Wildman–Crippen LogP) is 7.50. The van der Waals surface area contributed by atoms with Gasteiger partial charge in [0.15, 0.2) is 0 Å². The molecule has 5 rings (SSSR count). The molecule has 1 aliphatic rings. The molecule has 2 N–H and O–H groups in total. The van der Waals surface area contributed by atoms with E-state index in [9.17, 15) is 14.7 Å². The largest absolute Gasteiger partial charge is 0.488 e. The van der Waals surface area contributed by atoms with Crippen LogP contribution in [-0.2, 0) is 11.3 Å².